The van der Waals surface area contributed by atoms with Crippen molar-refractivity contribution in [3.8, 4) is 12.1 Å². The number of fused-ring (bicyclic) bond motifs is 2. The molecule has 44 heavy (non-hydrogen) atoms. The van der Waals surface area contributed by atoms with E-state index >= 15 is 0 Å². The van der Waals surface area contributed by atoms with Crippen molar-refractivity contribution >= 4 is 34.1 Å². The second-order valence-electron chi connectivity index (χ2n) is 11.5. The molecule has 1 unspecified atom stereocenters. The van der Waals surface area contributed by atoms with Crippen LogP contribution < -0.4 is 9.64 Å². The van der Waals surface area contributed by atoms with Gasteiger partial charge in [-0.1, -0.05) is 48.5 Å². The van der Waals surface area contributed by atoms with E-state index in [1.807, 2.05) is 48.3 Å². The first kappa shape index (κ1) is 30.2. The third-order valence-electron chi connectivity index (χ3n) is 8.65. The molecule has 230 valence electrons. The summed E-state index contributed by atoms with van der Waals surface area (Å²) in [6.45, 7) is 5.66. The first-order chi connectivity index (χ1) is 21.3. The van der Waals surface area contributed by atoms with Gasteiger partial charge in [0, 0.05) is 62.2 Å². The maximum absolute atomic E-state index is 13.8. The zero-order chi connectivity index (χ0) is 31.0. The number of nitrogens with zero attached hydrogens (tertiary/aromatic N) is 6. The topological polar surface area (TPSA) is 104 Å². The number of likely N-dealkylation sites (N-methyl/N-ethyl adjacent to an activating group) is 1. The van der Waals surface area contributed by atoms with Crippen molar-refractivity contribution in [3.63, 3.8) is 0 Å². The summed E-state index contributed by atoms with van der Waals surface area (Å²) in [5.74, 6) is -1.22. The molecule has 2 fully saturated rings. The van der Waals surface area contributed by atoms with E-state index in [1.54, 1.807) is 7.11 Å². The van der Waals surface area contributed by atoms with Crippen molar-refractivity contribution < 1.29 is 23.4 Å². The van der Waals surface area contributed by atoms with Crippen molar-refractivity contribution in [1.29, 1.82) is 5.26 Å². The maximum Gasteiger partial charge on any atom is 0.319 e. The van der Waals surface area contributed by atoms with Gasteiger partial charge in [0.25, 0.3) is 5.91 Å². The van der Waals surface area contributed by atoms with Crippen LogP contribution >= 0.6 is 11.6 Å². The maximum atomic E-state index is 13.8. The molecule has 3 aliphatic heterocycles. The predicted octanol–water partition coefficient (Wildman–Crippen LogP) is 4.22. The fourth-order valence-electron chi connectivity index (χ4n) is 6.49. The van der Waals surface area contributed by atoms with Crippen LogP contribution in [0.4, 0.5) is 10.2 Å². The van der Waals surface area contributed by atoms with Gasteiger partial charge in [-0.15, -0.1) is 0 Å². The summed E-state index contributed by atoms with van der Waals surface area (Å²) in [4.78, 5) is 27.8. The predicted molar refractivity (Wildman–Crippen MR) is 163 cm³/mol. The summed E-state index contributed by atoms with van der Waals surface area (Å²) >= 11 is 6.66. The van der Waals surface area contributed by atoms with Gasteiger partial charge in [-0.2, -0.15) is 15.2 Å². The number of carbonyl (C=O) groups excluding carboxylic acids is 1. The molecule has 3 aromatic rings. The number of anilines is 1. The Morgan fingerprint density at radius 1 is 1.18 bits per heavy atom. The molecule has 6 rings (SSSR count). The smallest absolute Gasteiger partial charge is 0.319 e. The van der Waals surface area contributed by atoms with Gasteiger partial charge in [-0.3, -0.25) is 9.69 Å². The molecule has 2 aromatic carbocycles. The molecule has 0 aliphatic carbocycles. The number of likely N-dealkylation sites (tertiary alicyclic amines) is 1. The molecule has 12 heteroatoms. The number of halogens is 2. The van der Waals surface area contributed by atoms with Crippen LogP contribution in [0.5, 0.6) is 6.01 Å². The fourth-order valence-corrected chi connectivity index (χ4v) is 6.78. The van der Waals surface area contributed by atoms with Crippen molar-refractivity contribution in [1.82, 2.24) is 19.8 Å². The van der Waals surface area contributed by atoms with Gasteiger partial charge in [-0.25, -0.2) is 4.39 Å². The molecule has 10 nitrogen and oxygen atoms in total. The highest BCUT2D eigenvalue weighted by atomic mass is 35.5. The van der Waals surface area contributed by atoms with Crippen LogP contribution in [0.3, 0.4) is 0 Å². The Morgan fingerprint density at radius 3 is 2.70 bits per heavy atom. The Morgan fingerprint density at radius 2 is 1.95 bits per heavy atom. The number of ether oxygens (including phenoxy) is 3. The van der Waals surface area contributed by atoms with Gasteiger partial charge in [-0.05, 0) is 24.1 Å². The van der Waals surface area contributed by atoms with E-state index in [2.05, 4.69) is 17.5 Å². The highest BCUT2D eigenvalue weighted by Gasteiger charge is 2.37. The van der Waals surface area contributed by atoms with E-state index in [1.165, 1.54) is 4.90 Å². The van der Waals surface area contributed by atoms with Crippen LogP contribution in [0.1, 0.15) is 29.3 Å². The number of piperazine rings is 1. The number of hydrogen-bond acceptors (Lipinski definition) is 9. The molecule has 2 saturated heterocycles. The number of nitriles is 1. The largest absolute Gasteiger partial charge is 0.456 e. The number of hydrogen-bond donors (Lipinski definition) is 0. The SMILES string of the molecule is C=C(F)C(=O)N1CCN(c2nc(O[C@@H]3CN(C)C[C@H]3OC)nc3c2COC(c2cccc4cccc(Cl)c24)C3)C[C@@H]1CC#N. The number of benzene rings is 2. The van der Waals surface area contributed by atoms with E-state index < -0.39 is 17.8 Å². The molecule has 4 atom stereocenters. The Labute approximate surface area is 260 Å². The summed E-state index contributed by atoms with van der Waals surface area (Å²) in [6, 6.07) is 13.7. The number of amides is 1. The number of rotatable bonds is 7. The van der Waals surface area contributed by atoms with Crippen molar-refractivity contribution in [3.05, 3.63) is 70.6 Å². The van der Waals surface area contributed by atoms with E-state index in [0.717, 1.165) is 34.1 Å². The summed E-state index contributed by atoms with van der Waals surface area (Å²) < 4.78 is 32.3. The zero-order valence-corrected chi connectivity index (χ0v) is 25.5. The third kappa shape index (κ3) is 5.83. The summed E-state index contributed by atoms with van der Waals surface area (Å²) in [5, 5.41) is 12.1. The molecule has 0 saturated carbocycles. The minimum Gasteiger partial charge on any atom is -0.456 e. The number of aromatic nitrogens is 2. The third-order valence-corrected chi connectivity index (χ3v) is 8.97. The fraction of sp³-hybridized carbons (Fsp3) is 0.438. The van der Waals surface area contributed by atoms with E-state index in [4.69, 9.17) is 35.8 Å². The Kier molecular flexibility index (Phi) is 8.69. The normalized spacial score (nSPS) is 23.8. The molecule has 0 bridgehead atoms. The lowest BCUT2D eigenvalue weighted by atomic mass is 9.94. The van der Waals surface area contributed by atoms with E-state index in [-0.39, 0.29) is 50.4 Å². The van der Waals surface area contributed by atoms with Gasteiger partial charge < -0.3 is 24.0 Å². The lowest BCUT2D eigenvalue weighted by Crippen LogP contribution is -2.55. The van der Waals surface area contributed by atoms with Gasteiger partial charge in [0.1, 0.15) is 18.0 Å². The Hall–Kier alpha value is -3.82. The van der Waals surface area contributed by atoms with Crippen LogP contribution in [0.15, 0.2) is 48.8 Å². The molecular weight excluding hydrogens is 587 g/mol. The molecule has 4 heterocycles. The van der Waals surface area contributed by atoms with Crippen molar-refractivity contribution in [2.45, 2.75) is 43.8 Å². The Balaban J connectivity index is 1.37. The molecule has 1 aromatic heterocycles. The summed E-state index contributed by atoms with van der Waals surface area (Å²) in [6.07, 6.45) is -0.204. The molecule has 1 amide bonds. The lowest BCUT2D eigenvalue weighted by Gasteiger charge is -2.42. The first-order valence-corrected chi connectivity index (χ1v) is 15.0. The second kappa shape index (κ2) is 12.7. The minimum atomic E-state index is -1.04. The Bertz CT molecular complexity index is 1630. The second-order valence-corrected chi connectivity index (χ2v) is 11.9. The molecular formula is C32H34ClFN6O4. The minimum absolute atomic E-state index is 0.0382. The average molecular weight is 621 g/mol. The van der Waals surface area contributed by atoms with Gasteiger partial charge in [0.2, 0.25) is 0 Å². The van der Waals surface area contributed by atoms with Gasteiger partial charge in [0.15, 0.2) is 5.83 Å². The van der Waals surface area contributed by atoms with E-state index in [0.29, 0.717) is 30.4 Å². The highest BCUT2D eigenvalue weighted by Crippen LogP contribution is 2.40. The number of carbonyl (C=O) groups is 1. The molecule has 3 aliphatic rings. The van der Waals surface area contributed by atoms with Crippen molar-refractivity contribution in [2.24, 2.45) is 0 Å². The van der Waals surface area contributed by atoms with Gasteiger partial charge in [0.05, 0.1) is 36.9 Å². The van der Waals surface area contributed by atoms with Gasteiger partial charge >= 0.3 is 6.01 Å². The van der Waals surface area contributed by atoms with Crippen LogP contribution in [-0.2, 0) is 27.3 Å². The van der Waals surface area contributed by atoms with Crippen LogP contribution in [-0.4, -0.2) is 90.8 Å². The zero-order valence-electron chi connectivity index (χ0n) is 24.7. The quantitative estimate of drug-likeness (QED) is 0.359. The lowest BCUT2D eigenvalue weighted by molar-refractivity contribution is -0.131. The van der Waals surface area contributed by atoms with Crippen molar-refractivity contribution in [2.75, 3.05) is 51.8 Å². The molecule has 0 spiro atoms. The van der Waals surface area contributed by atoms with Crippen LogP contribution in [0.25, 0.3) is 10.8 Å². The summed E-state index contributed by atoms with van der Waals surface area (Å²) in [7, 11) is 3.67. The van der Waals surface area contributed by atoms with E-state index in [9.17, 15) is 14.4 Å². The van der Waals surface area contributed by atoms with Crippen LogP contribution in [0, 0.1) is 11.3 Å². The highest BCUT2D eigenvalue weighted by molar-refractivity contribution is 6.35. The molecule has 0 N–H and O–H groups in total. The number of methoxy groups -OCH3 is 1. The monoisotopic (exact) mass is 620 g/mol. The van der Waals surface area contributed by atoms with Crippen LogP contribution in [0.2, 0.25) is 5.02 Å². The molecule has 0 radical (unpaired) electrons. The standard InChI is InChI=1S/C32H34ClFN6O4/c1-19(34)31(41)40-13-12-39(15-21(40)10-11-35)30-23-18-43-26(22-8-4-6-20-7-5-9-24(33)29(20)22)14-25(23)36-32(37-30)44-28-17-38(2)16-27(28)42-3/h4-9,21,26-28H,1,10,12-18H2,2-3H3/t21-,26?,27+,28+/m0/s1. The first-order valence-electron chi connectivity index (χ1n) is 14.6. The summed E-state index contributed by atoms with van der Waals surface area (Å²) in [5.41, 5.74) is 2.58. The average Bonchev–Trinajstić information content (AvgIpc) is 3.38.